The maximum atomic E-state index is 11.4. The summed E-state index contributed by atoms with van der Waals surface area (Å²) >= 11 is 1.57. The monoisotopic (exact) mass is 208 g/mol. The maximum absolute atomic E-state index is 11.4. The van der Waals surface area contributed by atoms with Crippen LogP contribution in [-0.4, -0.2) is 31.4 Å². The second-order valence-corrected chi connectivity index (χ2v) is 3.69. The minimum atomic E-state index is -0.415. The molecule has 0 atom stereocenters. The molecule has 0 bridgehead atoms. The van der Waals surface area contributed by atoms with E-state index in [1.165, 1.54) is 13.4 Å². The Kier molecular flexibility index (Phi) is 2.49. The van der Waals surface area contributed by atoms with Gasteiger partial charge in [-0.3, -0.25) is 0 Å². The first-order chi connectivity index (χ1) is 6.83. The molecule has 0 N–H and O–H groups in total. The van der Waals surface area contributed by atoms with Crippen LogP contribution in [0.4, 0.5) is 0 Å². The minimum Gasteiger partial charge on any atom is -0.464 e. The van der Waals surface area contributed by atoms with Crippen LogP contribution in [0.1, 0.15) is 0 Å². The van der Waals surface area contributed by atoms with E-state index < -0.39 is 5.97 Å². The van der Waals surface area contributed by atoms with E-state index in [4.69, 9.17) is 0 Å². The predicted octanol–water partition coefficient (Wildman–Crippen LogP) is 1.16. The Morgan fingerprint density at radius 3 is 3.29 bits per heavy atom. The van der Waals surface area contributed by atoms with E-state index in [0.717, 1.165) is 16.2 Å². The van der Waals surface area contributed by atoms with Gasteiger partial charge in [-0.25, -0.2) is 14.8 Å². The Labute approximate surface area is 85.5 Å². The average Bonchev–Trinajstić information content (AvgIpc) is 2.57. The van der Waals surface area contributed by atoms with Gasteiger partial charge in [0.15, 0.2) is 5.70 Å². The van der Waals surface area contributed by atoms with Crippen LogP contribution in [0.3, 0.4) is 0 Å². The average molecular weight is 208 g/mol. The fraction of sp³-hybridized carbons (Fsp3) is 0.222. The molecule has 0 saturated carbocycles. The number of thioether (sulfide) groups is 1. The zero-order valence-electron chi connectivity index (χ0n) is 7.56. The van der Waals surface area contributed by atoms with Gasteiger partial charge in [0.25, 0.3) is 0 Å². The number of allylic oxidation sites excluding steroid dienone is 1. The molecule has 72 valence electrons. The molecule has 0 amide bonds. The number of hydrogen-bond acceptors (Lipinski definition) is 5. The summed E-state index contributed by atoms with van der Waals surface area (Å²) in [5.74, 6) is 0.439. The minimum absolute atomic E-state index is 0.346. The van der Waals surface area contributed by atoms with Crippen molar-refractivity contribution in [3.05, 3.63) is 22.3 Å². The molecule has 0 aromatic rings. The standard InChI is InChI=1S/C9H8N2O2S/c1-13-9(12)7-8-6(2-3-14-8)4-10-5-11-7/h2,4-5H,3H2,1H3. The Balaban J connectivity index is 2.46. The van der Waals surface area contributed by atoms with E-state index in [9.17, 15) is 4.79 Å². The van der Waals surface area contributed by atoms with Gasteiger partial charge in [-0.1, -0.05) is 6.08 Å². The summed E-state index contributed by atoms with van der Waals surface area (Å²) in [4.78, 5) is 20.1. The van der Waals surface area contributed by atoms with Gasteiger partial charge < -0.3 is 4.74 Å². The van der Waals surface area contributed by atoms with E-state index in [1.807, 2.05) is 6.08 Å². The molecule has 0 saturated heterocycles. The number of hydrogen-bond donors (Lipinski definition) is 0. The molecule has 4 nitrogen and oxygen atoms in total. The van der Waals surface area contributed by atoms with Crippen LogP contribution in [-0.2, 0) is 9.53 Å². The summed E-state index contributed by atoms with van der Waals surface area (Å²) in [5, 5.41) is 0. The molecule has 0 spiro atoms. The Bertz CT molecular complexity index is 394. The molecular formula is C9H8N2O2S. The molecule has 14 heavy (non-hydrogen) atoms. The van der Waals surface area contributed by atoms with Gasteiger partial charge in [-0.2, -0.15) is 0 Å². The quantitative estimate of drug-likeness (QED) is 0.607. The van der Waals surface area contributed by atoms with Crippen LogP contribution in [0, 0.1) is 0 Å². The fourth-order valence-electron chi connectivity index (χ4n) is 1.21. The molecule has 2 aliphatic heterocycles. The first-order valence-electron chi connectivity index (χ1n) is 4.04. The summed E-state index contributed by atoms with van der Waals surface area (Å²) < 4.78 is 4.65. The number of aliphatic imine (C=N–C) groups is 2. The van der Waals surface area contributed by atoms with Gasteiger partial charge >= 0.3 is 5.97 Å². The van der Waals surface area contributed by atoms with Crippen LogP contribution in [0.15, 0.2) is 32.2 Å². The third-order valence-electron chi connectivity index (χ3n) is 1.85. The number of methoxy groups -OCH3 is 1. The van der Waals surface area contributed by atoms with Crippen molar-refractivity contribution in [3.8, 4) is 0 Å². The van der Waals surface area contributed by atoms with E-state index >= 15 is 0 Å². The number of nitrogens with zero attached hydrogens (tertiary/aromatic N) is 2. The summed E-state index contributed by atoms with van der Waals surface area (Å²) in [6.45, 7) is 0. The first kappa shape index (κ1) is 9.21. The Morgan fingerprint density at radius 1 is 1.64 bits per heavy atom. The molecule has 0 unspecified atom stereocenters. The third kappa shape index (κ3) is 1.50. The maximum Gasteiger partial charge on any atom is 0.357 e. The summed E-state index contributed by atoms with van der Waals surface area (Å²) in [6, 6.07) is 0. The molecule has 0 fully saturated rings. The molecule has 2 aliphatic rings. The largest absolute Gasteiger partial charge is 0.464 e. The van der Waals surface area contributed by atoms with Gasteiger partial charge in [-0.15, -0.1) is 11.8 Å². The van der Waals surface area contributed by atoms with E-state index in [-0.39, 0.29) is 0 Å². The van der Waals surface area contributed by atoms with Crippen molar-refractivity contribution in [1.29, 1.82) is 0 Å². The van der Waals surface area contributed by atoms with Crippen molar-refractivity contribution in [2.45, 2.75) is 0 Å². The van der Waals surface area contributed by atoms with Crippen LogP contribution in [0.25, 0.3) is 0 Å². The zero-order chi connectivity index (χ0) is 9.97. The van der Waals surface area contributed by atoms with Crippen molar-refractivity contribution in [2.24, 2.45) is 9.98 Å². The molecule has 0 aromatic heterocycles. The van der Waals surface area contributed by atoms with Crippen LogP contribution in [0.2, 0.25) is 0 Å². The number of fused-ring (bicyclic) bond motifs is 1. The predicted molar refractivity (Wildman–Crippen MR) is 56.6 cm³/mol. The molecule has 2 heterocycles. The highest BCUT2D eigenvalue weighted by molar-refractivity contribution is 8.03. The van der Waals surface area contributed by atoms with Gasteiger partial charge in [-0.05, 0) is 0 Å². The highest BCUT2D eigenvalue weighted by Crippen LogP contribution is 2.34. The van der Waals surface area contributed by atoms with Crippen molar-refractivity contribution >= 4 is 30.3 Å². The third-order valence-corrected chi connectivity index (χ3v) is 2.91. The summed E-state index contributed by atoms with van der Waals surface area (Å²) in [5.41, 5.74) is 1.30. The van der Waals surface area contributed by atoms with Gasteiger partial charge in [0.1, 0.15) is 6.34 Å². The SMILES string of the molecule is COC(=O)C1=C2SCC=C2C=NC=N1. The molecule has 0 aliphatic carbocycles. The van der Waals surface area contributed by atoms with Gasteiger partial charge in [0.05, 0.1) is 7.11 Å². The molecular weight excluding hydrogens is 200 g/mol. The highest BCUT2D eigenvalue weighted by Gasteiger charge is 2.22. The number of carbonyl (C=O) groups is 1. The number of rotatable bonds is 1. The van der Waals surface area contributed by atoms with Gasteiger partial charge in [0.2, 0.25) is 0 Å². The Morgan fingerprint density at radius 2 is 2.50 bits per heavy atom. The van der Waals surface area contributed by atoms with Crippen LogP contribution >= 0.6 is 11.8 Å². The lowest BCUT2D eigenvalue weighted by atomic mass is 10.2. The second kappa shape index (κ2) is 3.79. The lowest BCUT2D eigenvalue weighted by Gasteiger charge is -2.02. The van der Waals surface area contributed by atoms with Crippen molar-refractivity contribution < 1.29 is 9.53 Å². The Hall–Kier alpha value is -1.36. The van der Waals surface area contributed by atoms with Crippen LogP contribution < -0.4 is 0 Å². The molecule has 0 radical (unpaired) electrons. The van der Waals surface area contributed by atoms with Crippen LogP contribution in [0.5, 0.6) is 0 Å². The summed E-state index contributed by atoms with van der Waals surface area (Å²) in [7, 11) is 1.35. The normalized spacial score (nSPS) is 19.1. The van der Waals surface area contributed by atoms with E-state index in [0.29, 0.717) is 5.70 Å². The molecule has 0 aromatic carbocycles. The summed E-state index contributed by atoms with van der Waals surface area (Å²) in [6.07, 6.45) is 5.08. The molecule has 5 heteroatoms. The smallest absolute Gasteiger partial charge is 0.357 e. The number of esters is 1. The van der Waals surface area contributed by atoms with Gasteiger partial charge in [0, 0.05) is 22.4 Å². The first-order valence-corrected chi connectivity index (χ1v) is 5.03. The zero-order valence-corrected chi connectivity index (χ0v) is 8.37. The lowest BCUT2D eigenvalue weighted by Crippen LogP contribution is -2.05. The molecule has 2 rings (SSSR count). The van der Waals surface area contributed by atoms with Crippen molar-refractivity contribution in [1.82, 2.24) is 0 Å². The number of carbonyl (C=O) groups excluding carboxylic acids is 1. The number of ether oxygens (including phenoxy) is 1. The van der Waals surface area contributed by atoms with Crippen molar-refractivity contribution in [3.63, 3.8) is 0 Å². The highest BCUT2D eigenvalue weighted by atomic mass is 32.2. The van der Waals surface area contributed by atoms with E-state index in [1.54, 1.807) is 18.0 Å². The fourth-order valence-corrected chi connectivity index (χ4v) is 2.22. The van der Waals surface area contributed by atoms with Crippen molar-refractivity contribution in [2.75, 3.05) is 12.9 Å². The topological polar surface area (TPSA) is 51.0 Å². The second-order valence-electron chi connectivity index (χ2n) is 2.66. The lowest BCUT2D eigenvalue weighted by molar-refractivity contribution is -0.136. The van der Waals surface area contributed by atoms with E-state index in [2.05, 4.69) is 14.7 Å².